The Morgan fingerprint density at radius 3 is 1.47 bits per heavy atom. The van der Waals surface area contributed by atoms with E-state index in [1.165, 1.54) is 0 Å². The van der Waals surface area contributed by atoms with Gasteiger partial charge in [0.1, 0.15) is 0 Å². The lowest BCUT2D eigenvalue weighted by Crippen LogP contribution is -2.37. The van der Waals surface area contributed by atoms with Gasteiger partial charge in [0.2, 0.25) is 0 Å². The minimum absolute atomic E-state index is 0.0466. The molecule has 0 aliphatic heterocycles. The summed E-state index contributed by atoms with van der Waals surface area (Å²) in [6.45, 7) is 7.73. The van der Waals surface area contributed by atoms with Crippen LogP contribution in [0, 0.1) is 11.8 Å². The molecule has 3 heteroatoms. The Hall–Kier alpha value is -2.49. The molecule has 2 aliphatic carbocycles. The number of hydrogen-bond donors (Lipinski definition) is 2. The van der Waals surface area contributed by atoms with E-state index in [1.807, 2.05) is 60.7 Å². The second kappa shape index (κ2) is 10.4. The molecule has 0 radical (unpaired) electrons. The zero-order chi connectivity index (χ0) is 24.2. The third kappa shape index (κ3) is 4.69. The van der Waals surface area contributed by atoms with Gasteiger partial charge in [-0.3, -0.25) is 4.79 Å². The van der Waals surface area contributed by atoms with E-state index in [0.29, 0.717) is 11.1 Å². The fourth-order valence-electron chi connectivity index (χ4n) is 6.23. The third-order valence-corrected chi connectivity index (χ3v) is 8.27. The van der Waals surface area contributed by atoms with Crippen LogP contribution in [0.3, 0.4) is 0 Å². The highest BCUT2D eigenvalue weighted by Gasteiger charge is 2.40. The van der Waals surface area contributed by atoms with Crippen molar-refractivity contribution in [3.8, 4) is 0 Å². The molecule has 0 saturated heterocycles. The van der Waals surface area contributed by atoms with Crippen molar-refractivity contribution in [2.75, 3.05) is 0 Å². The summed E-state index contributed by atoms with van der Waals surface area (Å²) < 4.78 is 0. The molecule has 4 rings (SSSR count). The van der Waals surface area contributed by atoms with E-state index in [1.54, 1.807) is 0 Å². The van der Waals surface area contributed by atoms with E-state index in [2.05, 4.69) is 13.2 Å². The van der Waals surface area contributed by atoms with Crippen LogP contribution in [0.2, 0.25) is 0 Å². The van der Waals surface area contributed by atoms with Crippen LogP contribution in [0.4, 0.5) is 0 Å². The zero-order valence-corrected chi connectivity index (χ0v) is 20.2. The molecule has 0 spiro atoms. The van der Waals surface area contributed by atoms with Gasteiger partial charge in [0.25, 0.3) is 0 Å². The molecule has 2 N–H and O–H groups in total. The standard InChI is InChI=1S/C31H38O3/c1-3-9-25-11-5-7-21-30(25,33)27-17-13-23(14-18-27)29(32)24-15-19-28(20-16-24)31(34)22-8-6-12-26(31)10-4-2/h3-4,13-20,25-26,33-34H,1-2,5-12,21-22H2. The maximum atomic E-state index is 13.2. The summed E-state index contributed by atoms with van der Waals surface area (Å²) in [5, 5.41) is 22.9. The summed E-state index contributed by atoms with van der Waals surface area (Å²) in [5.74, 6) is 0.293. The van der Waals surface area contributed by atoms with Crippen LogP contribution in [0.5, 0.6) is 0 Å². The summed E-state index contributed by atoms with van der Waals surface area (Å²) in [6.07, 6.45) is 13.2. The Morgan fingerprint density at radius 1 is 0.735 bits per heavy atom. The van der Waals surface area contributed by atoms with E-state index in [9.17, 15) is 15.0 Å². The van der Waals surface area contributed by atoms with Gasteiger partial charge in [-0.15, -0.1) is 13.2 Å². The van der Waals surface area contributed by atoms with Gasteiger partial charge in [0.15, 0.2) is 5.78 Å². The van der Waals surface area contributed by atoms with E-state index >= 15 is 0 Å². The molecule has 2 aromatic carbocycles. The molecular weight excluding hydrogens is 420 g/mol. The van der Waals surface area contributed by atoms with Gasteiger partial charge in [0, 0.05) is 11.1 Å². The first-order valence-corrected chi connectivity index (χ1v) is 12.8. The molecule has 0 aromatic heterocycles. The summed E-state index contributed by atoms with van der Waals surface area (Å²) in [6, 6.07) is 15.0. The van der Waals surface area contributed by atoms with Crippen molar-refractivity contribution in [2.45, 2.75) is 75.4 Å². The Labute approximate surface area is 204 Å². The van der Waals surface area contributed by atoms with E-state index in [0.717, 1.165) is 75.3 Å². The highest BCUT2D eigenvalue weighted by molar-refractivity contribution is 6.09. The van der Waals surface area contributed by atoms with Crippen molar-refractivity contribution < 1.29 is 15.0 Å². The topological polar surface area (TPSA) is 57.5 Å². The second-order valence-electron chi connectivity index (χ2n) is 10.3. The number of ketones is 1. The number of carbonyl (C=O) groups is 1. The van der Waals surface area contributed by atoms with Crippen molar-refractivity contribution in [3.63, 3.8) is 0 Å². The van der Waals surface area contributed by atoms with Crippen molar-refractivity contribution in [1.29, 1.82) is 0 Å². The van der Waals surface area contributed by atoms with E-state index in [-0.39, 0.29) is 17.6 Å². The number of hydrogen-bond acceptors (Lipinski definition) is 3. The van der Waals surface area contributed by atoms with Crippen molar-refractivity contribution in [3.05, 3.63) is 96.1 Å². The molecule has 2 saturated carbocycles. The number of carbonyl (C=O) groups excluding carboxylic acids is 1. The smallest absolute Gasteiger partial charge is 0.193 e. The first-order valence-electron chi connectivity index (χ1n) is 12.8. The van der Waals surface area contributed by atoms with Gasteiger partial charge < -0.3 is 10.2 Å². The Bertz CT molecular complexity index is 924. The van der Waals surface area contributed by atoms with Gasteiger partial charge in [-0.05, 0) is 61.5 Å². The average molecular weight is 459 g/mol. The van der Waals surface area contributed by atoms with Crippen molar-refractivity contribution in [2.24, 2.45) is 11.8 Å². The average Bonchev–Trinajstić information content (AvgIpc) is 2.87. The van der Waals surface area contributed by atoms with Crippen LogP contribution in [0.1, 0.15) is 91.3 Å². The summed E-state index contributed by atoms with van der Waals surface area (Å²) in [5.41, 5.74) is 1.28. The van der Waals surface area contributed by atoms with Gasteiger partial charge in [-0.1, -0.05) is 86.4 Å². The summed E-state index contributed by atoms with van der Waals surface area (Å²) in [7, 11) is 0. The van der Waals surface area contributed by atoms with Crippen LogP contribution < -0.4 is 0 Å². The molecule has 34 heavy (non-hydrogen) atoms. The molecule has 2 aromatic rings. The zero-order valence-electron chi connectivity index (χ0n) is 20.2. The largest absolute Gasteiger partial charge is 0.385 e. The van der Waals surface area contributed by atoms with Crippen LogP contribution in [0.25, 0.3) is 0 Å². The molecule has 0 amide bonds. The van der Waals surface area contributed by atoms with Crippen LogP contribution >= 0.6 is 0 Å². The molecule has 180 valence electrons. The summed E-state index contributed by atoms with van der Waals surface area (Å²) >= 11 is 0. The van der Waals surface area contributed by atoms with E-state index in [4.69, 9.17) is 0 Å². The van der Waals surface area contributed by atoms with Crippen molar-refractivity contribution >= 4 is 5.78 Å². The predicted octanol–water partition coefficient (Wildman–Crippen LogP) is 6.83. The second-order valence-corrected chi connectivity index (χ2v) is 10.3. The fraction of sp³-hybridized carbons (Fsp3) is 0.452. The molecule has 0 bridgehead atoms. The molecule has 4 atom stereocenters. The third-order valence-electron chi connectivity index (χ3n) is 8.27. The van der Waals surface area contributed by atoms with Crippen LogP contribution in [0.15, 0.2) is 73.8 Å². The SMILES string of the molecule is C=CCC1CCCCC1(O)c1ccc(C(=O)c2ccc(C3(O)CCCCC3CC=C)cc2)cc1. The highest BCUT2D eigenvalue weighted by Crippen LogP contribution is 2.44. The number of rotatable bonds is 8. The van der Waals surface area contributed by atoms with Gasteiger partial charge in [-0.25, -0.2) is 0 Å². The van der Waals surface area contributed by atoms with Crippen molar-refractivity contribution in [1.82, 2.24) is 0 Å². The lowest BCUT2D eigenvalue weighted by Gasteiger charge is -2.40. The molecule has 0 heterocycles. The first-order chi connectivity index (χ1) is 16.4. The lowest BCUT2D eigenvalue weighted by atomic mass is 9.70. The Kier molecular flexibility index (Phi) is 7.54. The molecular formula is C31H38O3. The normalized spacial score (nSPS) is 29.4. The first kappa shape index (κ1) is 24.6. The monoisotopic (exact) mass is 458 g/mol. The number of allylic oxidation sites excluding steroid dienone is 2. The van der Waals surface area contributed by atoms with E-state index < -0.39 is 11.2 Å². The van der Waals surface area contributed by atoms with Gasteiger partial charge in [0.05, 0.1) is 11.2 Å². The van der Waals surface area contributed by atoms with Crippen LogP contribution in [-0.2, 0) is 11.2 Å². The molecule has 3 nitrogen and oxygen atoms in total. The molecule has 2 fully saturated rings. The minimum atomic E-state index is -0.854. The summed E-state index contributed by atoms with van der Waals surface area (Å²) in [4.78, 5) is 13.2. The number of aliphatic hydroxyl groups is 2. The number of benzene rings is 2. The predicted molar refractivity (Wildman–Crippen MR) is 138 cm³/mol. The molecule has 2 aliphatic rings. The van der Waals surface area contributed by atoms with Gasteiger partial charge in [-0.2, -0.15) is 0 Å². The molecule has 4 unspecified atom stereocenters. The fourth-order valence-corrected chi connectivity index (χ4v) is 6.23. The Balaban J connectivity index is 1.52. The Morgan fingerprint density at radius 2 is 1.12 bits per heavy atom. The quantitative estimate of drug-likeness (QED) is 0.337. The highest BCUT2D eigenvalue weighted by atomic mass is 16.3. The van der Waals surface area contributed by atoms with Gasteiger partial charge >= 0.3 is 0 Å². The lowest BCUT2D eigenvalue weighted by molar-refractivity contribution is -0.0534. The van der Waals surface area contributed by atoms with Crippen LogP contribution in [-0.4, -0.2) is 16.0 Å². The minimum Gasteiger partial charge on any atom is -0.385 e. The maximum Gasteiger partial charge on any atom is 0.193 e. The maximum absolute atomic E-state index is 13.2.